The molecule has 15 heteroatoms. The molecule has 316 valence electrons. The van der Waals surface area contributed by atoms with Crippen molar-refractivity contribution >= 4 is 35.6 Å². The van der Waals surface area contributed by atoms with Gasteiger partial charge in [0.2, 0.25) is 0 Å². The number of aliphatic hydroxyl groups is 3. The van der Waals surface area contributed by atoms with Gasteiger partial charge in [-0.2, -0.15) is 0 Å². The van der Waals surface area contributed by atoms with Crippen LogP contribution in [0.25, 0.3) is 0 Å². The van der Waals surface area contributed by atoms with E-state index in [0.29, 0.717) is 5.56 Å². The number of hydrogen-bond donors (Lipinski definition) is 4. The highest BCUT2D eigenvalue weighted by molar-refractivity contribution is 5.96. The number of carbonyl (C=O) groups excluding carboxylic acids is 6. The van der Waals surface area contributed by atoms with E-state index in [1.807, 2.05) is 0 Å². The molecule has 0 aromatic heterocycles. The van der Waals surface area contributed by atoms with Crippen molar-refractivity contribution < 1.29 is 67.8 Å². The Morgan fingerprint density at radius 3 is 2.02 bits per heavy atom. The number of hydrogen-bond acceptors (Lipinski definition) is 14. The second kappa shape index (κ2) is 16.4. The molecule has 0 radical (unpaired) electrons. The second-order valence-electron chi connectivity index (χ2n) is 16.2. The molecule has 0 spiro atoms. The zero-order valence-corrected chi connectivity index (χ0v) is 33.4. The van der Waals surface area contributed by atoms with Crippen LogP contribution in [0.5, 0.6) is 0 Å². The van der Waals surface area contributed by atoms with Gasteiger partial charge in [-0.3, -0.25) is 19.2 Å². The van der Waals surface area contributed by atoms with Crippen molar-refractivity contribution in [3.63, 3.8) is 0 Å². The van der Waals surface area contributed by atoms with Crippen LogP contribution in [-0.2, 0) is 42.9 Å². The summed E-state index contributed by atoms with van der Waals surface area (Å²) in [4.78, 5) is 82.4. The molecule has 2 saturated carbocycles. The van der Waals surface area contributed by atoms with Crippen molar-refractivity contribution in [2.75, 3.05) is 6.61 Å². The Bertz CT molecular complexity index is 2200. The van der Waals surface area contributed by atoms with Gasteiger partial charge >= 0.3 is 23.9 Å². The zero-order valence-electron chi connectivity index (χ0n) is 33.4. The number of fused-ring (bicyclic) bond motifs is 5. The summed E-state index contributed by atoms with van der Waals surface area (Å²) in [6, 6.07) is 22.9. The molecule has 60 heavy (non-hydrogen) atoms. The molecular weight excluding hydrogens is 778 g/mol. The molecule has 1 saturated heterocycles. The van der Waals surface area contributed by atoms with E-state index in [1.54, 1.807) is 78.9 Å². The van der Waals surface area contributed by atoms with Crippen LogP contribution in [0.2, 0.25) is 0 Å². The highest BCUT2D eigenvalue weighted by Gasteiger charge is 2.76. The SMILES string of the molecule is CC(=O)OC1C(=O)[C@@]2(C)[C@H]([C@H](OC(=O)c3ccccc3)[C@@]3(O)CC1=C(C)[C@@H](OC(=O)[C@H](O)C(NC(=O)c1ccccc1)c1ccccc1)C3)[C@]1(OC(C)=O)CO[C@@H]1C[C@@H]2O. The summed E-state index contributed by atoms with van der Waals surface area (Å²) in [7, 11) is 0. The fraction of sp³-hybridized carbons (Fsp3) is 0.422. The van der Waals surface area contributed by atoms with Gasteiger partial charge in [0.25, 0.3) is 5.91 Å². The lowest BCUT2D eigenvalue weighted by atomic mass is 9.48. The van der Waals surface area contributed by atoms with E-state index in [0.717, 1.165) is 13.8 Å². The summed E-state index contributed by atoms with van der Waals surface area (Å²) in [6.45, 7) is 4.83. The Morgan fingerprint density at radius 1 is 0.850 bits per heavy atom. The van der Waals surface area contributed by atoms with E-state index in [2.05, 4.69) is 5.32 Å². The van der Waals surface area contributed by atoms with Crippen LogP contribution in [0.1, 0.15) is 79.3 Å². The number of rotatable bonds is 10. The smallest absolute Gasteiger partial charge is 0.338 e. The van der Waals surface area contributed by atoms with Crippen LogP contribution < -0.4 is 5.32 Å². The fourth-order valence-corrected chi connectivity index (χ4v) is 9.41. The molecule has 3 aromatic carbocycles. The minimum atomic E-state index is -2.29. The van der Waals surface area contributed by atoms with Crippen LogP contribution in [0.15, 0.2) is 102 Å². The van der Waals surface area contributed by atoms with Gasteiger partial charge in [-0.25, -0.2) is 9.59 Å². The first kappa shape index (κ1) is 42.4. The van der Waals surface area contributed by atoms with E-state index in [9.17, 15) is 39.3 Å². The van der Waals surface area contributed by atoms with Crippen molar-refractivity contribution in [1.82, 2.24) is 5.32 Å². The van der Waals surface area contributed by atoms with Gasteiger partial charge in [0, 0.05) is 38.7 Å². The third-order valence-electron chi connectivity index (χ3n) is 12.5. The number of carbonyl (C=O) groups is 6. The first-order valence-corrected chi connectivity index (χ1v) is 19.7. The number of Topliss-reactive ketones (excluding diaryl/α,β-unsaturated/α-hetero) is 1. The lowest BCUT2D eigenvalue weighted by Crippen LogP contribution is -2.80. The molecule has 1 amide bonds. The number of amides is 1. The molecule has 2 unspecified atom stereocenters. The third-order valence-corrected chi connectivity index (χ3v) is 12.5. The lowest BCUT2D eigenvalue weighted by Gasteiger charge is -2.65. The van der Waals surface area contributed by atoms with Gasteiger partial charge in [-0.15, -0.1) is 0 Å². The highest BCUT2D eigenvalue weighted by atomic mass is 16.6. The number of nitrogens with one attached hydrogen (secondary N) is 1. The van der Waals surface area contributed by atoms with Crippen LogP contribution >= 0.6 is 0 Å². The maximum absolute atomic E-state index is 15.2. The summed E-state index contributed by atoms with van der Waals surface area (Å²) < 4.78 is 29.8. The van der Waals surface area contributed by atoms with Gasteiger partial charge in [0.1, 0.15) is 23.9 Å². The summed E-state index contributed by atoms with van der Waals surface area (Å²) >= 11 is 0. The summed E-state index contributed by atoms with van der Waals surface area (Å²) in [6.07, 6.45) is -10.7. The molecule has 3 fully saturated rings. The Morgan fingerprint density at radius 2 is 1.45 bits per heavy atom. The van der Waals surface area contributed by atoms with Crippen LogP contribution in [-0.4, -0.2) is 105 Å². The average molecular weight is 826 g/mol. The Kier molecular flexibility index (Phi) is 11.6. The minimum Gasteiger partial charge on any atom is -0.456 e. The summed E-state index contributed by atoms with van der Waals surface area (Å²) in [5.41, 5.74) is -5.14. The third kappa shape index (κ3) is 7.51. The monoisotopic (exact) mass is 825 g/mol. The van der Waals surface area contributed by atoms with Gasteiger partial charge in [-0.05, 0) is 54.8 Å². The topological polar surface area (TPSA) is 221 Å². The van der Waals surface area contributed by atoms with Crippen LogP contribution in [0.4, 0.5) is 0 Å². The average Bonchev–Trinajstić information content (AvgIpc) is 3.23. The number of esters is 4. The van der Waals surface area contributed by atoms with Gasteiger partial charge in [-0.1, -0.05) is 66.7 Å². The molecule has 2 bridgehead atoms. The van der Waals surface area contributed by atoms with Crippen molar-refractivity contribution in [2.24, 2.45) is 11.3 Å². The largest absolute Gasteiger partial charge is 0.456 e. The number of benzene rings is 3. The summed E-state index contributed by atoms with van der Waals surface area (Å²) in [5.74, 6) is -6.76. The maximum atomic E-state index is 15.2. The predicted octanol–water partition coefficient (Wildman–Crippen LogP) is 3.10. The molecule has 1 aliphatic heterocycles. The van der Waals surface area contributed by atoms with Gasteiger partial charge < -0.3 is 44.3 Å². The van der Waals surface area contributed by atoms with E-state index >= 15 is 4.79 Å². The van der Waals surface area contributed by atoms with Crippen molar-refractivity contribution in [3.05, 3.63) is 119 Å². The lowest BCUT2D eigenvalue weighted by molar-refractivity contribution is -0.340. The fourth-order valence-electron chi connectivity index (χ4n) is 9.41. The molecule has 4 aliphatic rings. The van der Waals surface area contributed by atoms with Gasteiger partial charge in [0.05, 0.1) is 35.6 Å². The predicted molar refractivity (Wildman–Crippen MR) is 209 cm³/mol. The maximum Gasteiger partial charge on any atom is 0.338 e. The molecule has 3 aromatic rings. The molecule has 15 nitrogen and oxygen atoms in total. The van der Waals surface area contributed by atoms with Crippen molar-refractivity contribution in [1.29, 1.82) is 0 Å². The van der Waals surface area contributed by atoms with Crippen molar-refractivity contribution in [2.45, 2.75) is 101 Å². The zero-order chi connectivity index (χ0) is 43.1. The Balaban J connectivity index is 1.34. The molecule has 11 atom stereocenters. The Labute approximate surface area is 345 Å². The first-order chi connectivity index (χ1) is 28.5. The number of aliphatic hydroxyl groups excluding tert-OH is 2. The molecular formula is C45H47NO14. The Hall–Kier alpha value is -5.74. The van der Waals surface area contributed by atoms with E-state index in [1.165, 1.54) is 26.0 Å². The quantitative estimate of drug-likeness (QED) is 0.131. The summed E-state index contributed by atoms with van der Waals surface area (Å²) in [5, 5.41) is 39.5. The minimum absolute atomic E-state index is 0.00869. The van der Waals surface area contributed by atoms with E-state index < -0.39 is 114 Å². The molecule has 3 aliphatic carbocycles. The first-order valence-electron chi connectivity index (χ1n) is 19.7. The standard InChI is InChI=1S/C45H47NO14/c1-24-30-21-44(55,22-31(24)58-42(54)35(50)34(27-14-8-5-9-15-27)46-40(52)28-16-10-6-11-17-28)39(59-41(53)29-18-12-7-13-19-29)37-43(4,38(51)36(30)57-25(2)47)32(49)20-33-45(37,23-56-33)60-26(3)48/h5-19,31-37,39,49-50,55H,20-23H2,1-4H3,(H,46,52)/t31-,32-,33+,34?,35+,36?,37-,39-,43+,44+,45-/m0/s1. The van der Waals surface area contributed by atoms with E-state index in [-0.39, 0.29) is 35.3 Å². The number of ether oxygens (including phenoxy) is 5. The van der Waals surface area contributed by atoms with Crippen LogP contribution in [0.3, 0.4) is 0 Å². The molecule has 4 N–H and O–H groups in total. The van der Waals surface area contributed by atoms with E-state index in [4.69, 9.17) is 23.7 Å². The van der Waals surface area contributed by atoms with Gasteiger partial charge in [0.15, 0.2) is 23.6 Å². The second-order valence-corrected chi connectivity index (χ2v) is 16.2. The number of ketones is 1. The van der Waals surface area contributed by atoms with Crippen LogP contribution in [0, 0.1) is 11.3 Å². The molecule has 1 heterocycles. The normalized spacial score (nSPS) is 31.6. The highest BCUT2D eigenvalue weighted by Crippen LogP contribution is 2.61. The molecule has 7 rings (SSSR count). The van der Waals surface area contributed by atoms with Crippen molar-refractivity contribution in [3.8, 4) is 0 Å².